The van der Waals surface area contributed by atoms with Crippen LogP contribution in [0.5, 0.6) is 5.75 Å². The highest BCUT2D eigenvalue weighted by molar-refractivity contribution is 6.04. The number of ether oxygens (including phenoxy) is 1. The summed E-state index contributed by atoms with van der Waals surface area (Å²) in [5.74, 6) is 0.626. The first kappa shape index (κ1) is 18.3. The van der Waals surface area contributed by atoms with E-state index in [-0.39, 0.29) is 5.91 Å². The Kier molecular flexibility index (Phi) is 5.78. The van der Waals surface area contributed by atoms with Gasteiger partial charge in [0.25, 0.3) is 5.91 Å². The number of likely N-dealkylation sites (N-methyl/N-ethyl adjacent to an activating group) is 1. The van der Waals surface area contributed by atoms with Gasteiger partial charge in [0, 0.05) is 43.1 Å². The van der Waals surface area contributed by atoms with Crippen LogP contribution in [0.1, 0.15) is 22.8 Å². The first-order chi connectivity index (χ1) is 12.6. The summed E-state index contributed by atoms with van der Waals surface area (Å²) in [6.07, 6.45) is 0. The molecule has 0 atom stereocenters. The SMILES string of the molecule is CCN1CCN(c2ccc(NC(=O)c3ccc(OC)cc3)cc2C)CC1. The van der Waals surface area contributed by atoms with Crippen LogP contribution in [0, 0.1) is 6.92 Å². The number of hydrogen-bond donors (Lipinski definition) is 1. The van der Waals surface area contributed by atoms with Gasteiger partial charge in [-0.1, -0.05) is 6.92 Å². The Bertz CT molecular complexity index is 750. The van der Waals surface area contributed by atoms with E-state index in [1.165, 1.54) is 11.3 Å². The lowest BCUT2D eigenvalue weighted by molar-refractivity contribution is 0.102. The fraction of sp³-hybridized carbons (Fsp3) is 0.381. The standard InChI is InChI=1S/C21H27N3O2/c1-4-23-11-13-24(14-12-23)20-10-7-18(15-16(20)2)22-21(25)17-5-8-19(26-3)9-6-17/h5-10,15H,4,11-14H2,1-3H3,(H,22,25). The van der Waals surface area contributed by atoms with Crippen molar-refractivity contribution in [3.05, 3.63) is 53.6 Å². The number of aryl methyl sites for hydroxylation is 1. The second kappa shape index (κ2) is 8.23. The maximum atomic E-state index is 12.4. The number of rotatable bonds is 5. The number of benzene rings is 2. The van der Waals surface area contributed by atoms with Crippen molar-refractivity contribution in [2.75, 3.05) is 50.1 Å². The molecular weight excluding hydrogens is 326 g/mol. The maximum absolute atomic E-state index is 12.4. The van der Waals surface area contributed by atoms with Gasteiger partial charge in [-0.15, -0.1) is 0 Å². The predicted octanol–water partition coefficient (Wildman–Crippen LogP) is 3.40. The highest BCUT2D eigenvalue weighted by atomic mass is 16.5. The van der Waals surface area contributed by atoms with Crippen molar-refractivity contribution in [3.63, 3.8) is 0 Å². The van der Waals surface area contributed by atoms with Crippen LogP contribution in [-0.4, -0.2) is 50.6 Å². The number of carbonyl (C=O) groups is 1. The van der Waals surface area contributed by atoms with E-state index in [1.807, 2.05) is 12.1 Å². The van der Waals surface area contributed by atoms with E-state index in [0.29, 0.717) is 5.56 Å². The van der Waals surface area contributed by atoms with Crippen molar-refractivity contribution < 1.29 is 9.53 Å². The van der Waals surface area contributed by atoms with Crippen LogP contribution >= 0.6 is 0 Å². The van der Waals surface area contributed by atoms with Crippen LogP contribution in [0.2, 0.25) is 0 Å². The van der Waals surface area contributed by atoms with Gasteiger partial charge in [0.05, 0.1) is 7.11 Å². The third kappa shape index (κ3) is 4.17. The highest BCUT2D eigenvalue weighted by Gasteiger charge is 2.17. The number of anilines is 2. The Morgan fingerprint density at radius 2 is 1.77 bits per heavy atom. The van der Waals surface area contributed by atoms with Gasteiger partial charge in [-0.25, -0.2) is 0 Å². The zero-order chi connectivity index (χ0) is 18.5. The lowest BCUT2D eigenvalue weighted by atomic mass is 10.1. The van der Waals surface area contributed by atoms with Gasteiger partial charge in [-0.05, 0) is 61.5 Å². The summed E-state index contributed by atoms with van der Waals surface area (Å²) in [6, 6.07) is 13.3. The molecule has 5 heteroatoms. The summed E-state index contributed by atoms with van der Waals surface area (Å²) < 4.78 is 5.13. The average Bonchev–Trinajstić information content (AvgIpc) is 2.68. The Hall–Kier alpha value is -2.53. The Labute approximate surface area is 155 Å². The van der Waals surface area contributed by atoms with Gasteiger partial charge >= 0.3 is 0 Å². The topological polar surface area (TPSA) is 44.8 Å². The van der Waals surface area contributed by atoms with Crippen molar-refractivity contribution in [1.29, 1.82) is 0 Å². The minimum absolute atomic E-state index is 0.114. The number of hydrogen-bond acceptors (Lipinski definition) is 4. The van der Waals surface area contributed by atoms with Crippen LogP contribution in [0.3, 0.4) is 0 Å². The van der Waals surface area contributed by atoms with E-state index in [4.69, 9.17) is 4.74 Å². The summed E-state index contributed by atoms with van der Waals surface area (Å²) in [5, 5.41) is 2.98. The second-order valence-corrected chi connectivity index (χ2v) is 6.61. The average molecular weight is 353 g/mol. The summed E-state index contributed by atoms with van der Waals surface area (Å²) >= 11 is 0. The smallest absolute Gasteiger partial charge is 0.255 e. The predicted molar refractivity (Wildman–Crippen MR) is 106 cm³/mol. The Morgan fingerprint density at radius 3 is 2.35 bits per heavy atom. The van der Waals surface area contributed by atoms with E-state index in [2.05, 4.69) is 35.0 Å². The first-order valence-corrected chi connectivity index (χ1v) is 9.14. The van der Waals surface area contributed by atoms with Gasteiger partial charge in [0.1, 0.15) is 5.75 Å². The normalized spacial score (nSPS) is 15.0. The zero-order valence-corrected chi connectivity index (χ0v) is 15.8. The molecule has 1 aliphatic rings. The van der Waals surface area contributed by atoms with Crippen molar-refractivity contribution in [1.82, 2.24) is 4.90 Å². The Balaban J connectivity index is 1.66. The molecule has 0 spiro atoms. The van der Waals surface area contributed by atoms with Crippen LogP contribution in [0.15, 0.2) is 42.5 Å². The zero-order valence-electron chi connectivity index (χ0n) is 15.8. The fourth-order valence-corrected chi connectivity index (χ4v) is 3.34. The molecule has 2 aromatic rings. The molecule has 138 valence electrons. The molecule has 0 radical (unpaired) electrons. The largest absolute Gasteiger partial charge is 0.497 e. The lowest BCUT2D eigenvalue weighted by Crippen LogP contribution is -2.46. The molecule has 0 bridgehead atoms. The molecule has 0 aliphatic carbocycles. The molecule has 1 heterocycles. The quantitative estimate of drug-likeness (QED) is 0.895. The molecule has 1 saturated heterocycles. The molecule has 26 heavy (non-hydrogen) atoms. The maximum Gasteiger partial charge on any atom is 0.255 e. The van der Waals surface area contributed by atoms with Gasteiger partial charge in [0.2, 0.25) is 0 Å². The van der Waals surface area contributed by atoms with Crippen LogP contribution in [0.25, 0.3) is 0 Å². The number of nitrogens with zero attached hydrogens (tertiary/aromatic N) is 2. The number of piperazine rings is 1. The number of nitrogens with one attached hydrogen (secondary N) is 1. The molecule has 0 saturated carbocycles. The number of carbonyl (C=O) groups excluding carboxylic acids is 1. The van der Waals surface area contributed by atoms with E-state index >= 15 is 0 Å². The summed E-state index contributed by atoms with van der Waals surface area (Å²) in [6.45, 7) is 9.73. The number of methoxy groups -OCH3 is 1. The summed E-state index contributed by atoms with van der Waals surface area (Å²) in [5.41, 5.74) is 3.87. The van der Waals surface area contributed by atoms with E-state index in [0.717, 1.165) is 44.2 Å². The third-order valence-corrected chi connectivity index (χ3v) is 4.97. The molecule has 0 aromatic heterocycles. The molecule has 1 N–H and O–H groups in total. The highest BCUT2D eigenvalue weighted by Crippen LogP contribution is 2.25. The molecule has 1 amide bonds. The molecule has 2 aromatic carbocycles. The van der Waals surface area contributed by atoms with Crippen LogP contribution < -0.4 is 15.0 Å². The van der Waals surface area contributed by atoms with Gasteiger partial charge in [-0.3, -0.25) is 4.79 Å². The monoisotopic (exact) mass is 353 g/mol. The molecule has 5 nitrogen and oxygen atoms in total. The van der Waals surface area contributed by atoms with E-state index in [1.54, 1.807) is 31.4 Å². The van der Waals surface area contributed by atoms with Gasteiger partial charge in [0.15, 0.2) is 0 Å². The van der Waals surface area contributed by atoms with Crippen molar-refractivity contribution in [3.8, 4) is 5.75 Å². The van der Waals surface area contributed by atoms with Crippen LogP contribution in [-0.2, 0) is 0 Å². The minimum Gasteiger partial charge on any atom is -0.497 e. The van der Waals surface area contributed by atoms with Gasteiger partial charge in [-0.2, -0.15) is 0 Å². The van der Waals surface area contributed by atoms with Crippen molar-refractivity contribution in [2.24, 2.45) is 0 Å². The molecule has 3 rings (SSSR count). The van der Waals surface area contributed by atoms with Gasteiger partial charge < -0.3 is 19.9 Å². The number of amides is 1. The van der Waals surface area contributed by atoms with Crippen molar-refractivity contribution >= 4 is 17.3 Å². The molecule has 1 aliphatic heterocycles. The Morgan fingerprint density at radius 1 is 1.08 bits per heavy atom. The minimum atomic E-state index is -0.114. The second-order valence-electron chi connectivity index (χ2n) is 6.61. The third-order valence-electron chi connectivity index (χ3n) is 4.97. The first-order valence-electron chi connectivity index (χ1n) is 9.14. The summed E-state index contributed by atoms with van der Waals surface area (Å²) in [7, 11) is 1.61. The van der Waals surface area contributed by atoms with E-state index < -0.39 is 0 Å². The molecular formula is C21H27N3O2. The van der Waals surface area contributed by atoms with Crippen molar-refractivity contribution in [2.45, 2.75) is 13.8 Å². The van der Waals surface area contributed by atoms with E-state index in [9.17, 15) is 4.79 Å². The fourth-order valence-electron chi connectivity index (χ4n) is 3.34. The molecule has 1 fully saturated rings. The lowest BCUT2D eigenvalue weighted by Gasteiger charge is -2.36. The van der Waals surface area contributed by atoms with Crippen LogP contribution in [0.4, 0.5) is 11.4 Å². The molecule has 0 unspecified atom stereocenters. The summed E-state index contributed by atoms with van der Waals surface area (Å²) in [4.78, 5) is 17.3.